The molecular weight excluding hydrogens is 418 g/mol. The van der Waals surface area contributed by atoms with E-state index in [1.165, 1.54) is 0 Å². The van der Waals surface area contributed by atoms with Gasteiger partial charge in [0.15, 0.2) is 6.61 Å². The minimum Gasteiger partial charge on any atom is -0.484 e. The number of anilines is 1. The maximum absolute atomic E-state index is 12.5. The highest BCUT2D eigenvalue weighted by molar-refractivity contribution is 6.30. The third-order valence-corrected chi connectivity index (χ3v) is 5.33. The fourth-order valence-electron chi connectivity index (χ4n) is 3.24. The fraction of sp³-hybridized carbons (Fsp3) is 0.364. The van der Waals surface area contributed by atoms with Crippen molar-refractivity contribution in [1.82, 2.24) is 20.0 Å². The van der Waals surface area contributed by atoms with E-state index in [9.17, 15) is 4.79 Å². The van der Waals surface area contributed by atoms with Crippen molar-refractivity contribution in [3.8, 4) is 17.1 Å². The Hall–Kier alpha value is -3.13. The summed E-state index contributed by atoms with van der Waals surface area (Å²) in [6.07, 6.45) is 1.75. The van der Waals surface area contributed by atoms with E-state index in [1.807, 2.05) is 30.9 Å². The van der Waals surface area contributed by atoms with Gasteiger partial charge in [-0.25, -0.2) is 4.98 Å². The molecule has 9 heteroatoms. The molecule has 1 aliphatic heterocycles. The lowest BCUT2D eigenvalue weighted by molar-refractivity contribution is -0.133. The van der Waals surface area contributed by atoms with E-state index >= 15 is 0 Å². The molecule has 31 heavy (non-hydrogen) atoms. The predicted molar refractivity (Wildman–Crippen MR) is 117 cm³/mol. The summed E-state index contributed by atoms with van der Waals surface area (Å²) in [5.74, 6) is 2.79. The second kappa shape index (κ2) is 9.34. The van der Waals surface area contributed by atoms with Crippen LogP contribution in [0.2, 0.25) is 5.02 Å². The van der Waals surface area contributed by atoms with Crippen molar-refractivity contribution in [2.45, 2.75) is 19.8 Å². The highest BCUT2D eigenvalue weighted by Gasteiger charge is 2.22. The van der Waals surface area contributed by atoms with Gasteiger partial charge in [-0.1, -0.05) is 30.6 Å². The molecule has 1 fully saturated rings. The first-order valence-electron chi connectivity index (χ1n) is 10.2. The van der Waals surface area contributed by atoms with Crippen LogP contribution in [-0.2, 0) is 4.79 Å². The molecule has 2 aromatic heterocycles. The number of hydrogen-bond donors (Lipinski definition) is 0. The summed E-state index contributed by atoms with van der Waals surface area (Å²) in [7, 11) is 0. The summed E-state index contributed by atoms with van der Waals surface area (Å²) in [5.41, 5.74) is 0.813. The van der Waals surface area contributed by atoms with Gasteiger partial charge in [0.2, 0.25) is 11.7 Å². The second-order valence-electron chi connectivity index (χ2n) is 7.63. The lowest BCUT2D eigenvalue weighted by atomic mass is 10.2. The number of aromatic nitrogens is 3. The molecule has 162 valence electrons. The highest BCUT2D eigenvalue weighted by atomic mass is 35.5. The molecule has 8 nitrogen and oxygen atoms in total. The lowest BCUT2D eigenvalue weighted by Gasteiger charge is -2.35. The summed E-state index contributed by atoms with van der Waals surface area (Å²) in [5, 5.41) is 4.65. The number of halogens is 1. The van der Waals surface area contributed by atoms with E-state index in [2.05, 4.69) is 20.0 Å². The predicted octanol–water partition coefficient (Wildman–Crippen LogP) is 3.64. The van der Waals surface area contributed by atoms with Gasteiger partial charge in [0.25, 0.3) is 5.91 Å². The lowest BCUT2D eigenvalue weighted by Crippen LogP contribution is -2.50. The Balaban J connectivity index is 1.28. The Morgan fingerprint density at radius 2 is 1.87 bits per heavy atom. The number of nitrogens with zero attached hydrogens (tertiary/aromatic N) is 5. The van der Waals surface area contributed by atoms with Crippen LogP contribution in [0.3, 0.4) is 0 Å². The van der Waals surface area contributed by atoms with E-state index in [4.69, 9.17) is 20.9 Å². The summed E-state index contributed by atoms with van der Waals surface area (Å²) in [4.78, 5) is 25.4. The first-order valence-corrected chi connectivity index (χ1v) is 10.6. The molecule has 0 unspecified atom stereocenters. The van der Waals surface area contributed by atoms with Crippen LogP contribution >= 0.6 is 11.6 Å². The first kappa shape index (κ1) is 21.1. The molecule has 1 aliphatic rings. The van der Waals surface area contributed by atoms with Crippen LogP contribution in [0.4, 0.5) is 5.82 Å². The van der Waals surface area contributed by atoms with Crippen LogP contribution in [0, 0.1) is 0 Å². The normalized spacial score (nSPS) is 14.2. The van der Waals surface area contributed by atoms with Gasteiger partial charge in [-0.15, -0.1) is 0 Å². The summed E-state index contributed by atoms with van der Waals surface area (Å²) in [6, 6.07) is 10.9. The number of carbonyl (C=O) groups excluding carboxylic acids is 1. The number of benzene rings is 1. The summed E-state index contributed by atoms with van der Waals surface area (Å²) >= 11 is 5.86. The number of ether oxygens (including phenoxy) is 1. The van der Waals surface area contributed by atoms with Gasteiger partial charge >= 0.3 is 0 Å². The van der Waals surface area contributed by atoms with Gasteiger partial charge in [-0.05, 0) is 36.4 Å². The van der Waals surface area contributed by atoms with Crippen molar-refractivity contribution in [1.29, 1.82) is 0 Å². The smallest absolute Gasteiger partial charge is 0.260 e. The van der Waals surface area contributed by atoms with Crippen LogP contribution in [0.25, 0.3) is 11.4 Å². The Labute approximate surface area is 185 Å². The maximum atomic E-state index is 12.5. The van der Waals surface area contributed by atoms with Crippen molar-refractivity contribution >= 4 is 23.3 Å². The third-order valence-electron chi connectivity index (χ3n) is 5.07. The van der Waals surface area contributed by atoms with Gasteiger partial charge in [-0.2, -0.15) is 4.98 Å². The standard InChI is InChI=1S/C22H24ClN5O3/c1-15(2)22-25-21(26-31-22)16-3-8-19(24-13-16)27-9-11-28(12-10-27)20(29)14-30-18-6-4-17(23)5-7-18/h3-8,13,15H,9-12,14H2,1-2H3. The van der Waals surface area contributed by atoms with Crippen LogP contribution in [0.1, 0.15) is 25.7 Å². The van der Waals surface area contributed by atoms with Crippen molar-refractivity contribution in [3.63, 3.8) is 0 Å². The maximum Gasteiger partial charge on any atom is 0.260 e. The van der Waals surface area contributed by atoms with Crippen LogP contribution in [-0.4, -0.2) is 58.7 Å². The first-order chi connectivity index (χ1) is 15.0. The minimum absolute atomic E-state index is 0.0116. The topological polar surface area (TPSA) is 84.6 Å². The van der Waals surface area contributed by atoms with E-state index in [-0.39, 0.29) is 18.4 Å². The van der Waals surface area contributed by atoms with E-state index in [0.717, 1.165) is 11.4 Å². The van der Waals surface area contributed by atoms with Crippen LogP contribution < -0.4 is 9.64 Å². The molecule has 0 atom stereocenters. The molecule has 1 saturated heterocycles. The number of piperazine rings is 1. The molecule has 0 bridgehead atoms. The molecule has 3 aromatic rings. The van der Waals surface area contributed by atoms with Crippen molar-refractivity contribution in [3.05, 3.63) is 53.5 Å². The Bertz CT molecular complexity index is 1010. The van der Waals surface area contributed by atoms with Crippen molar-refractivity contribution < 1.29 is 14.1 Å². The number of rotatable bonds is 6. The molecule has 0 N–H and O–H groups in total. The molecule has 1 amide bonds. The van der Waals surface area contributed by atoms with Crippen molar-refractivity contribution in [2.24, 2.45) is 0 Å². The van der Waals surface area contributed by atoms with E-state index in [1.54, 1.807) is 30.5 Å². The van der Waals surface area contributed by atoms with Gasteiger partial charge in [0.05, 0.1) is 0 Å². The molecule has 3 heterocycles. The Morgan fingerprint density at radius 1 is 1.13 bits per heavy atom. The molecule has 0 spiro atoms. The molecule has 1 aromatic carbocycles. The molecular formula is C22H24ClN5O3. The minimum atomic E-state index is -0.0315. The SMILES string of the molecule is CC(C)c1nc(-c2ccc(N3CCN(C(=O)COc4ccc(Cl)cc4)CC3)nc2)no1. The molecule has 0 saturated carbocycles. The molecule has 4 rings (SSSR count). The highest BCUT2D eigenvalue weighted by Crippen LogP contribution is 2.22. The van der Waals surface area contributed by atoms with Crippen molar-refractivity contribution in [2.75, 3.05) is 37.7 Å². The van der Waals surface area contributed by atoms with Crippen LogP contribution in [0.15, 0.2) is 47.1 Å². The van der Waals surface area contributed by atoms with E-state index < -0.39 is 0 Å². The zero-order chi connectivity index (χ0) is 21.8. The second-order valence-corrected chi connectivity index (χ2v) is 8.06. The zero-order valence-corrected chi connectivity index (χ0v) is 18.2. The molecule has 0 radical (unpaired) electrons. The number of carbonyl (C=O) groups is 1. The average molecular weight is 442 g/mol. The largest absolute Gasteiger partial charge is 0.484 e. The fourth-order valence-corrected chi connectivity index (χ4v) is 3.37. The number of hydrogen-bond acceptors (Lipinski definition) is 7. The average Bonchev–Trinajstić information content (AvgIpc) is 3.30. The van der Waals surface area contributed by atoms with Crippen LogP contribution in [0.5, 0.6) is 5.75 Å². The monoisotopic (exact) mass is 441 g/mol. The quantitative estimate of drug-likeness (QED) is 0.577. The Morgan fingerprint density at radius 3 is 2.48 bits per heavy atom. The summed E-state index contributed by atoms with van der Waals surface area (Å²) in [6.45, 7) is 6.68. The van der Waals surface area contributed by atoms with Gasteiger partial charge in [-0.3, -0.25) is 4.79 Å². The third kappa shape index (κ3) is 5.14. The Kier molecular flexibility index (Phi) is 6.36. The van der Waals surface area contributed by atoms with Gasteiger partial charge in [0, 0.05) is 48.9 Å². The summed E-state index contributed by atoms with van der Waals surface area (Å²) < 4.78 is 10.8. The van der Waals surface area contributed by atoms with Gasteiger partial charge < -0.3 is 19.1 Å². The zero-order valence-electron chi connectivity index (χ0n) is 17.5. The van der Waals surface area contributed by atoms with Gasteiger partial charge in [0.1, 0.15) is 11.6 Å². The number of amides is 1. The van der Waals surface area contributed by atoms with E-state index in [0.29, 0.717) is 48.7 Å². The molecule has 0 aliphatic carbocycles. The number of pyridine rings is 1.